The van der Waals surface area contributed by atoms with Crippen molar-refractivity contribution in [2.75, 3.05) is 26.4 Å². The number of ether oxygens (including phenoxy) is 4. The quantitative estimate of drug-likeness (QED) is 0.766. The zero-order valence-electron chi connectivity index (χ0n) is 12.0. The zero-order chi connectivity index (χ0) is 14.2. The summed E-state index contributed by atoms with van der Waals surface area (Å²) in [6.07, 6.45) is 0.539. The molecule has 2 aliphatic rings. The summed E-state index contributed by atoms with van der Waals surface area (Å²) in [7, 11) is 0. The molecule has 2 saturated heterocycles. The number of hydrogen-bond donors (Lipinski definition) is 0. The highest BCUT2D eigenvalue weighted by Gasteiger charge is 2.24. The van der Waals surface area contributed by atoms with Gasteiger partial charge in [0.05, 0.1) is 13.2 Å². The Morgan fingerprint density at radius 3 is 2.43 bits per heavy atom. The molecule has 0 radical (unpaired) electrons. The maximum absolute atomic E-state index is 5.94. The number of hydrogen-bond acceptors (Lipinski definition) is 4. The molecule has 0 saturated carbocycles. The van der Waals surface area contributed by atoms with Crippen molar-refractivity contribution in [3.8, 4) is 11.5 Å². The molecule has 2 unspecified atom stereocenters. The second-order valence-electron chi connectivity index (χ2n) is 5.63. The first-order valence-corrected chi connectivity index (χ1v) is 7.32. The van der Waals surface area contributed by atoms with Crippen LogP contribution in [0.15, 0.2) is 30.3 Å². The number of rotatable bonds is 6. The van der Waals surface area contributed by atoms with Crippen molar-refractivity contribution in [2.24, 2.45) is 0 Å². The number of epoxide rings is 2. The van der Waals surface area contributed by atoms with E-state index in [1.54, 1.807) is 0 Å². The molecule has 0 aliphatic carbocycles. The second kappa shape index (κ2) is 5.20. The van der Waals surface area contributed by atoms with Gasteiger partial charge in [-0.25, -0.2) is 0 Å². The summed E-state index contributed by atoms with van der Waals surface area (Å²) in [5.74, 6) is 1.82. The molecule has 0 bridgehead atoms. The van der Waals surface area contributed by atoms with Crippen LogP contribution in [-0.2, 0) is 9.47 Å². The molecule has 2 aromatic rings. The Labute approximate surface area is 123 Å². The van der Waals surface area contributed by atoms with Crippen LogP contribution in [0, 0.1) is 6.92 Å². The van der Waals surface area contributed by atoms with Gasteiger partial charge in [-0.1, -0.05) is 12.1 Å². The summed E-state index contributed by atoms with van der Waals surface area (Å²) < 4.78 is 22.0. The first kappa shape index (κ1) is 12.9. The lowest BCUT2D eigenvalue weighted by Crippen LogP contribution is -2.06. The van der Waals surface area contributed by atoms with Gasteiger partial charge in [-0.3, -0.25) is 0 Å². The van der Waals surface area contributed by atoms with E-state index in [0.717, 1.165) is 41.0 Å². The lowest BCUT2D eigenvalue weighted by atomic mass is 10.1. The van der Waals surface area contributed by atoms with E-state index in [0.29, 0.717) is 13.2 Å². The first-order valence-electron chi connectivity index (χ1n) is 7.32. The Hall–Kier alpha value is -1.78. The van der Waals surface area contributed by atoms with Gasteiger partial charge in [0.1, 0.15) is 36.9 Å². The van der Waals surface area contributed by atoms with Crippen molar-refractivity contribution in [1.29, 1.82) is 0 Å². The summed E-state index contributed by atoms with van der Waals surface area (Å²) in [5.41, 5.74) is 1.14. The van der Waals surface area contributed by atoms with E-state index in [-0.39, 0.29) is 12.2 Å². The van der Waals surface area contributed by atoms with E-state index >= 15 is 0 Å². The molecule has 4 rings (SSSR count). The van der Waals surface area contributed by atoms with Crippen LogP contribution in [0.3, 0.4) is 0 Å². The fourth-order valence-corrected chi connectivity index (χ4v) is 2.36. The van der Waals surface area contributed by atoms with Crippen LogP contribution < -0.4 is 9.47 Å². The monoisotopic (exact) mass is 286 g/mol. The molecule has 2 atom stereocenters. The van der Waals surface area contributed by atoms with Crippen LogP contribution in [0.4, 0.5) is 0 Å². The van der Waals surface area contributed by atoms with Crippen LogP contribution >= 0.6 is 0 Å². The topological polar surface area (TPSA) is 43.5 Å². The highest BCUT2D eigenvalue weighted by molar-refractivity contribution is 5.90. The normalized spacial score (nSPS) is 23.1. The minimum Gasteiger partial charge on any atom is -0.491 e. The third kappa shape index (κ3) is 2.96. The predicted octanol–water partition coefficient (Wildman–Crippen LogP) is 2.70. The molecule has 2 heterocycles. The Bertz CT molecular complexity index is 659. The van der Waals surface area contributed by atoms with Crippen LogP contribution in [0.25, 0.3) is 10.8 Å². The molecule has 2 aromatic carbocycles. The Morgan fingerprint density at radius 2 is 1.71 bits per heavy atom. The molecule has 2 aliphatic heterocycles. The minimum atomic E-state index is 0.265. The summed E-state index contributed by atoms with van der Waals surface area (Å²) in [6, 6.07) is 10.3. The lowest BCUT2D eigenvalue weighted by Gasteiger charge is -2.13. The van der Waals surface area contributed by atoms with E-state index in [4.69, 9.17) is 18.9 Å². The van der Waals surface area contributed by atoms with Gasteiger partial charge >= 0.3 is 0 Å². The van der Waals surface area contributed by atoms with E-state index < -0.39 is 0 Å². The molecule has 0 N–H and O–H groups in total. The molecular weight excluding hydrogens is 268 g/mol. The summed E-state index contributed by atoms with van der Waals surface area (Å²) in [4.78, 5) is 0. The average Bonchev–Trinajstić information content (AvgIpc) is 3.37. The Morgan fingerprint density at radius 1 is 1.00 bits per heavy atom. The van der Waals surface area contributed by atoms with Gasteiger partial charge in [0, 0.05) is 5.39 Å². The predicted molar refractivity (Wildman–Crippen MR) is 79.2 cm³/mol. The average molecular weight is 286 g/mol. The van der Waals surface area contributed by atoms with E-state index in [2.05, 4.69) is 31.2 Å². The highest BCUT2D eigenvalue weighted by atomic mass is 16.6. The summed E-state index contributed by atoms with van der Waals surface area (Å²) >= 11 is 0. The number of benzene rings is 2. The van der Waals surface area contributed by atoms with Gasteiger partial charge < -0.3 is 18.9 Å². The third-order valence-electron chi connectivity index (χ3n) is 3.79. The van der Waals surface area contributed by atoms with Gasteiger partial charge in [0.25, 0.3) is 0 Å². The molecule has 0 spiro atoms. The van der Waals surface area contributed by atoms with Crippen LogP contribution in [0.2, 0.25) is 0 Å². The Kier molecular flexibility index (Phi) is 3.20. The van der Waals surface area contributed by atoms with Gasteiger partial charge in [0.15, 0.2) is 0 Å². The van der Waals surface area contributed by atoms with Crippen LogP contribution in [0.1, 0.15) is 5.56 Å². The van der Waals surface area contributed by atoms with E-state index in [1.807, 2.05) is 6.07 Å². The van der Waals surface area contributed by atoms with Gasteiger partial charge in [-0.15, -0.1) is 0 Å². The van der Waals surface area contributed by atoms with E-state index in [9.17, 15) is 0 Å². The zero-order valence-corrected chi connectivity index (χ0v) is 12.0. The first-order chi connectivity index (χ1) is 10.3. The molecule has 4 heteroatoms. The largest absolute Gasteiger partial charge is 0.491 e. The molecule has 0 amide bonds. The van der Waals surface area contributed by atoms with Crippen molar-refractivity contribution in [3.05, 3.63) is 35.9 Å². The van der Waals surface area contributed by atoms with Crippen molar-refractivity contribution < 1.29 is 18.9 Å². The van der Waals surface area contributed by atoms with Crippen molar-refractivity contribution in [1.82, 2.24) is 0 Å². The fraction of sp³-hybridized carbons (Fsp3) is 0.412. The second-order valence-corrected chi connectivity index (χ2v) is 5.63. The molecular formula is C17H18O4. The van der Waals surface area contributed by atoms with Crippen LogP contribution in [-0.4, -0.2) is 38.6 Å². The van der Waals surface area contributed by atoms with Gasteiger partial charge in [-0.2, -0.15) is 0 Å². The lowest BCUT2D eigenvalue weighted by molar-refractivity contribution is 0.262. The van der Waals surface area contributed by atoms with Gasteiger partial charge in [0.2, 0.25) is 0 Å². The minimum absolute atomic E-state index is 0.265. The number of aryl methyl sites for hydroxylation is 1. The maximum Gasteiger partial charge on any atom is 0.130 e. The molecule has 2 fully saturated rings. The number of fused-ring (bicyclic) bond motifs is 1. The third-order valence-corrected chi connectivity index (χ3v) is 3.79. The van der Waals surface area contributed by atoms with Crippen molar-refractivity contribution in [3.63, 3.8) is 0 Å². The fourth-order valence-electron chi connectivity index (χ4n) is 2.36. The summed E-state index contributed by atoms with van der Waals surface area (Å²) in [5, 5.41) is 2.24. The standard InChI is InChI=1S/C17H18O4/c1-11-2-3-12-6-13(18-7-14-8-19-14)4-5-16(12)17(11)21-10-15-9-20-15/h2-6,14-15H,7-10H2,1H3. The molecule has 0 aromatic heterocycles. The van der Waals surface area contributed by atoms with Crippen molar-refractivity contribution >= 4 is 10.8 Å². The smallest absolute Gasteiger partial charge is 0.130 e. The molecule has 110 valence electrons. The Balaban J connectivity index is 1.59. The highest BCUT2D eigenvalue weighted by Crippen LogP contribution is 2.32. The SMILES string of the molecule is Cc1ccc2cc(OCC3CO3)ccc2c1OCC1CO1. The summed E-state index contributed by atoms with van der Waals surface area (Å²) in [6.45, 7) is 4.94. The molecule has 4 nitrogen and oxygen atoms in total. The van der Waals surface area contributed by atoms with Gasteiger partial charge in [-0.05, 0) is 36.1 Å². The van der Waals surface area contributed by atoms with E-state index in [1.165, 1.54) is 0 Å². The van der Waals surface area contributed by atoms with Crippen LogP contribution in [0.5, 0.6) is 11.5 Å². The molecule has 21 heavy (non-hydrogen) atoms. The van der Waals surface area contributed by atoms with Crippen molar-refractivity contribution in [2.45, 2.75) is 19.1 Å². The maximum atomic E-state index is 5.94.